The zero-order valence-electron chi connectivity index (χ0n) is 15.7. The molecule has 0 aliphatic heterocycles. The highest BCUT2D eigenvalue weighted by atomic mass is 16.5. The zero-order chi connectivity index (χ0) is 18.2. The van der Waals surface area contributed by atoms with E-state index in [9.17, 15) is 4.79 Å². The average Bonchev–Trinajstić information content (AvgIpc) is 2.95. The number of rotatable bonds is 7. The molecule has 0 aliphatic rings. The molecular formula is C17H31N5O2. The minimum Gasteiger partial charge on any atom is -0.361 e. The van der Waals surface area contributed by atoms with Crippen molar-refractivity contribution < 1.29 is 9.32 Å². The smallest absolute Gasteiger partial charge is 0.225 e. The van der Waals surface area contributed by atoms with Crippen LogP contribution in [-0.4, -0.2) is 37.2 Å². The van der Waals surface area contributed by atoms with E-state index in [4.69, 9.17) is 4.52 Å². The van der Waals surface area contributed by atoms with Crippen LogP contribution in [0.2, 0.25) is 0 Å². The summed E-state index contributed by atoms with van der Waals surface area (Å²) in [4.78, 5) is 16.0. The largest absolute Gasteiger partial charge is 0.361 e. The maximum absolute atomic E-state index is 11.8. The quantitative estimate of drug-likeness (QED) is 0.399. The van der Waals surface area contributed by atoms with Gasteiger partial charge in [0.1, 0.15) is 5.76 Å². The molecule has 0 spiro atoms. The molecule has 3 N–H and O–H groups in total. The predicted molar refractivity (Wildman–Crippen MR) is 95.9 cm³/mol. The number of amides is 1. The van der Waals surface area contributed by atoms with E-state index in [0.717, 1.165) is 29.9 Å². The Balaban J connectivity index is 2.44. The molecule has 0 fully saturated rings. The van der Waals surface area contributed by atoms with Crippen LogP contribution in [0, 0.1) is 5.41 Å². The zero-order valence-corrected chi connectivity index (χ0v) is 15.7. The second kappa shape index (κ2) is 9.30. The SMILES string of the molecule is CCc1noc(CC)c1CNC(=NC)NCCNC(=O)C(C)(C)C. The first-order valence-electron chi connectivity index (χ1n) is 8.52. The Morgan fingerprint density at radius 3 is 2.33 bits per heavy atom. The van der Waals surface area contributed by atoms with Crippen molar-refractivity contribution in [3.8, 4) is 0 Å². The minimum atomic E-state index is -0.374. The molecule has 0 aromatic carbocycles. The van der Waals surface area contributed by atoms with Crippen LogP contribution in [-0.2, 0) is 24.2 Å². The van der Waals surface area contributed by atoms with Crippen molar-refractivity contribution in [3.63, 3.8) is 0 Å². The molecule has 0 bridgehead atoms. The van der Waals surface area contributed by atoms with Crippen molar-refractivity contribution in [3.05, 3.63) is 17.0 Å². The molecule has 7 heteroatoms. The lowest BCUT2D eigenvalue weighted by Gasteiger charge is -2.18. The van der Waals surface area contributed by atoms with Crippen molar-refractivity contribution in [2.75, 3.05) is 20.1 Å². The molecular weight excluding hydrogens is 306 g/mol. The number of hydrogen-bond donors (Lipinski definition) is 3. The number of aliphatic imine (C=N–C) groups is 1. The Bertz CT molecular complexity index is 536. The molecule has 1 heterocycles. The third-order valence-electron chi connectivity index (χ3n) is 3.65. The summed E-state index contributed by atoms with van der Waals surface area (Å²) in [6, 6.07) is 0. The molecule has 1 rings (SSSR count). The Morgan fingerprint density at radius 2 is 1.79 bits per heavy atom. The van der Waals surface area contributed by atoms with Crippen molar-refractivity contribution in [1.82, 2.24) is 21.1 Å². The van der Waals surface area contributed by atoms with Crippen molar-refractivity contribution in [2.24, 2.45) is 10.4 Å². The lowest BCUT2D eigenvalue weighted by atomic mass is 9.96. The molecule has 0 saturated carbocycles. The van der Waals surface area contributed by atoms with Gasteiger partial charge in [0, 0.05) is 44.1 Å². The third kappa shape index (κ3) is 5.86. The first-order valence-corrected chi connectivity index (χ1v) is 8.52. The van der Waals surface area contributed by atoms with E-state index < -0.39 is 0 Å². The number of aromatic nitrogens is 1. The van der Waals surface area contributed by atoms with Gasteiger partial charge in [0.05, 0.1) is 5.69 Å². The number of guanidine groups is 1. The topological polar surface area (TPSA) is 91.6 Å². The molecule has 1 aromatic heterocycles. The highest BCUT2D eigenvalue weighted by Gasteiger charge is 2.20. The predicted octanol–water partition coefficient (Wildman–Crippen LogP) is 1.63. The Morgan fingerprint density at radius 1 is 1.12 bits per heavy atom. The van der Waals surface area contributed by atoms with E-state index in [1.54, 1.807) is 7.05 Å². The molecule has 0 aliphatic carbocycles. The lowest BCUT2D eigenvalue weighted by Crippen LogP contribution is -2.43. The molecule has 24 heavy (non-hydrogen) atoms. The fourth-order valence-electron chi connectivity index (χ4n) is 2.15. The van der Waals surface area contributed by atoms with Gasteiger partial charge in [-0.1, -0.05) is 39.8 Å². The molecule has 1 amide bonds. The summed E-state index contributed by atoms with van der Waals surface area (Å²) in [6.45, 7) is 11.6. The molecule has 0 atom stereocenters. The van der Waals surface area contributed by atoms with E-state index >= 15 is 0 Å². The number of aryl methyl sites for hydroxylation is 2. The summed E-state index contributed by atoms with van der Waals surface area (Å²) < 4.78 is 5.36. The van der Waals surface area contributed by atoms with Crippen LogP contribution in [0.25, 0.3) is 0 Å². The van der Waals surface area contributed by atoms with Gasteiger partial charge < -0.3 is 20.5 Å². The van der Waals surface area contributed by atoms with Gasteiger partial charge in [-0.15, -0.1) is 0 Å². The van der Waals surface area contributed by atoms with Crippen LogP contribution in [0.5, 0.6) is 0 Å². The molecule has 0 unspecified atom stereocenters. The van der Waals surface area contributed by atoms with E-state index in [1.807, 2.05) is 20.8 Å². The summed E-state index contributed by atoms with van der Waals surface area (Å²) in [6.07, 6.45) is 1.65. The maximum Gasteiger partial charge on any atom is 0.225 e. The van der Waals surface area contributed by atoms with Gasteiger partial charge in [0.25, 0.3) is 0 Å². The van der Waals surface area contributed by atoms with Gasteiger partial charge in [0.2, 0.25) is 5.91 Å². The number of nitrogens with zero attached hydrogens (tertiary/aromatic N) is 2. The monoisotopic (exact) mass is 337 g/mol. The molecule has 136 valence electrons. The van der Waals surface area contributed by atoms with Crippen LogP contribution < -0.4 is 16.0 Å². The van der Waals surface area contributed by atoms with E-state index in [-0.39, 0.29) is 11.3 Å². The van der Waals surface area contributed by atoms with Crippen LogP contribution in [0.15, 0.2) is 9.52 Å². The average molecular weight is 337 g/mol. The van der Waals surface area contributed by atoms with Gasteiger partial charge in [-0.25, -0.2) is 0 Å². The fourth-order valence-corrected chi connectivity index (χ4v) is 2.15. The van der Waals surface area contributed by atoms with Crippen LogP contribution in [0.3, 0.4) is 0 Å². The van der Waals surface area contributed by atoms with Gasteiger partial charge in [0.15, 0.2) is 5.96 Å². The second-order valence-corrected chi connectivity index (χ2v) is 6.60. The Kier molecular flexibility index (Phi) is 7.74. The van der Waals surface area contributed by atoms with Crippen molar-refractivity contribution in [1.29, 1.82) is 0 Å². The minimum absolute atomic E-state index is 0.0388. The van der Waals surface area contributed by atoms with Crippen molar-refractivity contribution >= 4 is 11.9 Å². The molecule has 7 nitrogen and oxygen atoms in total. The third-order valence-corrected chi connectivity index (χ3v) is 3.65. The van der Waals surface area contributed by atoms with Gasteiger partial charge in [-0.05, 0) is 6.42 Å². The summed E-state index contributed by atoms with van der Waals surface area (Å²) in [5.41, 5.74) is 1.71. The van der Waals surface area contributed by atoms with E-state index in [2.05, 4.69) is 39.9 Å². The Labute approximate surface area is 144 Å². The number of carbonyl (C=O) groups excluding carboxylic acids is 1. The van der Waals surface area contributed by atoms with Crippen LogP contribution in [0.4, 0.5) is 0 Å². The second-order valence-electron chi connectivity index (χ2n) is 6.60. The maximum atomic E-state index is 11.8. The fraction of sp³-hybridized carbons (Fsp3) is 0.706. The van der Waals surface area contributed by atoms with Crippen molar-refractivity contribution in [2.45, 2.75) is 54.0 Å². The highest BCUT2D eigenvalue weighted by molar-refractivity contribution is 5.81. The van der Waals surface area contributed by atoms with Crippen LogP contribution >= 0.6 is 0 Å². The number of hydrogen-bond acceptors (Lipinski definition) is 4. The lowest BCUT2D eigenvalue weighted by molar-refractivity contribution is -0.128. The summed E-state index contributed by atoms with van der Waals surface area (Å²) in [5, 5.41) is 13.5. The van der Waals surface area contributed by atoms with Gasteiger partial charge >= 0.3 is 0 Å². The molecule has 1 aromatic rings. The highest BCUT2D eigenvalue weighted by Crippen LogP contribution is 2.15. The summed E-state index contributed by atoms with van der Waals surface area (Å²) in [5.74, 6) is 1.63. The van der Waals surface area contributed by atoms with E-state index in [1.165, 1.54) is 0 Å². The summed E-state index contributed by atoms with van der Waals surface area (Å²) >= 11 is 0. The number of carbonyl (C=O) groups is 1. The van der Waals surface area contributed by atoms with Gasteiger partial charge in [-0.3, -0.25) is 9.79 Å². The standard InChI is InChI=1S/C17H31N5O2/c1-7-13-12(14(8-2)24-22-13)11-21-16(18-6)20-10-9-19-15(23)17(3,4)5/h7-11H2,1-6H3,(H,19,23)(H2,18,20,21). The summed E-state index contributed by atoms with van der Waals surface area (Å²) in [7, 11) is 1.72. The van der Waals surface area contributed by atoms with Crippen LogP contribution in [0.1, 0.15) is 51.6 Å². The normalized spacial score (nSPS) is 12.2. The molecule has 0 saturated heterocycles. The van der Waals surface area contributed by atoms with Gasteiger partial charge in [-0.2, -0.15) is 0 Å². The first-order chi connectivity index (χ1) is 11.3. The van der Waals surface area contributed by atoms with E-state index in [0.29, 0.717) is 25.6 Å². The number of nitrogens with one attached hydrogen (secondary N) is 3. The molecule has 0 radical (unpaired) electrons. The first kappa shape index (κ1) is 20.0. The Hall–Kier alpha value is -2.05.